The lowest BCUT2D eigenvalue weighted by Gasteiger charge is -2.17. The van der Waals surface area contributed by atoms with E-state index >= 15 is 0 Å². The Balaban J connectivity index is 1.61. The van der Waals surface area contributed by atoms with Crippen LogP contribution in [0.5, 0.6) is 0 Å². The lowest BCUT2D eigenvalue weighted by atomic mass is 10.1. The Morgan fingerprint density at radius 3 is 2.62 bits per heavy atom. The van der Waals surface area contributed by atoms with E-state index in [1.54, 1.807) is 30.3 Å². The molecule has 0 saturated carbocycles. The van der Waals surface area contributed by atoms with Crippen LogP contribution in [0, 0.1) is 5.82 Å². The molecule has 0 aliphatic carbocycles. The van der Waals surface area contributed by atoms with Crippen LogP contribution in [0.4, 0.5) is 10.1 Å². The van der Waals surface area contributed by atoms with Gasteiger partial charge in [0.1, 0.15) is 5.82 Å². The summed E-state index contributed by atoms with van der Waals surface area (Å²) >= 11 is 0. The van der Waals surface area contributed by atoms with Gasteiger partial charge < -0.3 is 14.6 Å². The summed E-state index contributed by atoms with van der Waals surface area (Å²) in [6, 6.07) is 12.1. The molecule has 0 fully saturated rings. The molecule has 0 saturated heterocycles. The fourth-order valence-corrected chi connectivity index (χ4v) is 2.33. The fourth-order valence-electron chi connectivity index (χ4n) is 2.33. The Morgan fingerprint density at radius 2 is 1.96 bits per heavy atom. The number of rotatable bonds is 5. The molecule has 0 spiro atoms. The number of nitrogens with zero attached hydrogens (tertiary/aromatic N) is 3. The van der Waals surface area contributed by atoms with Crippen LogP contribution in [0.25, 0.3) is 11.5 Å². The van der Waals surface area contributed by atoms with Crippen LogP contribution >= 0.6 is 0 Å². The number of benzene rings is 2. The smallest absolute Gasteiger partial charge is 0.254 e. The molecular weight excluding hydrogens is 339 g/mol. The fraction of sp³-hybridized carbons (Fsp3) is 0.111. The van der Waals surface area contributed by atoms with Gasteiger partial charge in [-0.2, -0.15) is 0 Å². The highest BCUT2D eigenvalue weighted by Crippen LogP contribution is 2.17. The molecule has 0 aliphatic rings. The van der Waals surface area contributed by atoms with Crippen LogP contribution < -0.4 is 5.32 Å². The molecular formula is C18H15FN4O3. The molecule has 7 nitrogen and oxygen atoms in total. The van der Waals surface area contributed by atoms with Crippen LogP contribution in [0.2, 0.25) is 0 Å². The molecule has 0 bridgehead atoms. The van der Waals surface area contributed by atoms with E-state index < -0.39 is 11.7 Å². The van der Waals surface area contributed by atoms with Crippen molar-refractivity contribution in [2.45, 2.75) is 0 Å². The molecule has 2 aromatic carbocycles. The molecule has 8 heteroatoms. The summed E-state index contributed by atoms with van der Waals surface area (Å²) in [4.78, 5) is 25.7. The van der Waals surface area contributed by atoms with E-state index in [2.05, 4.69) is 15.5 Å². The van der Waals surface area contributed by atoms with Gasteiger partial charge in [0.05, 0.1) is 6.54 Å². The SMILES string of the molecule is CN(CC(=O)Nc1cccc(F)c1)C(=O)c1ccc(-c2nnco2)cc1. The predicted octanol–water partition coefficient (Wildman–Crippen LogP) is 2.59. The standard InChI is InChI=1S/C18H15FN4O3/c1-23(10-16(24)21-15-4-2-3-14(19)9-15)18(25)13-7-5-12(6-8-13)17-22-20-11-26-17/h2-9,11H,10H2,1H3,(H,21,24). The molecule has 3 rings (SSSR count). The molecule has 2 amide bonds. The highest BCUT2D eigenvalue weighted by Gasteiger charge is 2.16. The third-order valence-electron chi connectivity index (χ3n) is 3.57. The topological polar surface area (TPSA) is 88.3 Å². The number of hydrogen-bond donors (Lipinski definition) is 1. The second-order valence-corrected chi connectivity index (χ2v) is 5.54. The number of halogens is 1. The number of likely N-dealkylation sites (N-methyl/N-ethyl adjacent to an activating group) is 1. The van der Waals surface area contributed by atoms with Crippen molar-refractivity contribution in [3.05, 3.63) is 66.3 Å². The highest BCUT2D eigenvalue weighted by atomic mass is 19.1. The van der Waals surface area contributed by atoms with Crippen molar-refractivity contribution in [1.82, 2.24) is 15.1 Å². The van der Waals surface area contributed by atoms with Crippen molar-refractivity contribution in [2.75, 3.05) is 18.9 Å². The first kappa shape index (κ1) is 17.3. The molecule has 1 aromatic heterocycles. The van der Waals surface area contributed by atoms with Gasteiger partial charge in [-0.1, -0.05) is 6.07 Å². The maximum absolute atomic E-state index is 13.1. The van der Waals surface area contributed by atoms with Crippen LogP contribution in [0.3, 0.4) is 0 Å². The average Bonchev–Trinajstić information content (AvgIpc) is 3.15. The van der Waals surface area contributed by atoms with Crippen molar-refractivity contribution in [1.29, 1.82) is 0 Å². The molecule has 3 aromatic rings. The van der Waals surface area contributed by atoms with Crippen molar-refractivity contribution in [2.24, 2.45) is 0 Å². The minimum Gasteiger partial charge on any atom is -0.423 e. The number of amides is 2. The predicted molar refractivity (Wildman–Crippen MR) is 91.7 cm³/mol. The summed E-state index contributed by atoms with van der Waals surface area (Å²) in [7, 11) is 1.51. The van der Waals surface area contributed by atoms with Crippen molar-refractivity contribution < 1.29 is 18.4 Å². The minimum atomic E-state index is -0.450. The number of carbonyl (C=O) groups is 2. The maximum atomic E-state index is 13.1. The summed E-state index contributed by atoms with van der Waals surface area (Å²) in [5.74, 6) is -0.842. The number of aromatic nitrogens is 2. The molecule has 26 heavy (non-hydrogen) atoms. The molecule has 0 atom stereocenters. The van der Waals surface area contributed by atoms with Gasteiger partial charge in [0, 0.05) is 23.9 Å². The van der Waals surface area contributed by atoms with Crippen molar-refractivity contribution in [3.63, 3.8) is 0 Å². The van der Waals surface area contributed by atoms with Crippen molar-refractivity contribution in [3.8, 4) is 11.5 Å². The number of anilines is 1. The summed E-state index contributed by atoms with van der Waals surface area (Å²) in [6.45, 7) is -0.166. The molecule has 0 unspecified atom stereocenters. The lowest BCUT2D eigenvalue weighted by molar-refractivity contribution is -0.116. The van der Waals surface area contributed by atoms with E-state index in [1.165, 1.54) is 36.5 Å². The van der Waals surface area contributed by atoms with Crippen molar-refractivity contribution >= 4 is 17.5 Å². The van der Waals surface area contributed by atoms with Gasteiger partial charge in [0.15, 0.2) is 0 Å². The second-order valence-electron chi connectivity index (χ2n) is 5.54. The van der Waals surface area contributed by atoms with E-state index in [0.717, 1.165) is 0 Å². The van der Waals surface area contributed by atoms with Gasteiger partial charge in [-0.05, 0) is 42.5 Å². The molecule has 0 aliphatic heterocycles. The van der Waals surface area contributed by atoms with Gasteiger partial charge in [-0.15, -0.1) is 10.2 Å². The van der Waals surface area contributed by atoms with Gasteiger partial charge in [0.2, 0.25) is 18.2 Å². The average molecular weight is 354 g/mol. The van der Waals surface area contributed by atoms with Crippen LogP contribution in [0.1, 0.15) is 10.4 Å². The van der Waals surface area contributed by atoms with Crippen LogP contribution in [-0.4, -0.2) is 40.5 Å². The van der Waals surface area contributed by atoms with Gasteiger partial charge in [0.25, 0.3) is 5.91 Å². The monoisotopic (exact) mass is 354 g/mol. The number of nitrogens with one attached hydrogen (secondary N) is 1. The highest BCUT2D eigenvalue weighted by molar-refractivity contribution is 5.99. The minimum absolute atomic E-state index is 0.166. The third-order valence-corrected chi connectivity index (χ3v) is 3.57. The Bertz CT molecular complexity index is 910. The first-order chi connectivity index (χ1) is 12.5. The van der Waals surface area contributed by atoms with E-state index in [1.807, 2.05) is 0 Å². The van der Waals surface area contributed by atoms with E-state index in [4.69, 9.17) is 4.42 Å². The Labute approximate surface area is 148 Å². The van der Waals surface area contributed by atoms with Gasteiger partial charge in [-0.25, -0.2) is 4.39 Å². The Kier molecular flexibility index (Phi) is 5.02. The third kappa shape index (κ3) is 4.10. The summed E-state index contributed by atoms with van der Waals surface area (Å²) in [5.41, 5.74) is 1.43. The first-order valence-electron chi connectivity index (χ1n) is 7.70. The molecule has 132 valence electrons. The number of hydrogen-bond acceptors (Lipinski definition) is 5. The molecule has 1 N–H and O–H groups in total. The van der Waals surface area contributed by atoms with Gasteiger partial charge >= 0.3 is 0 Å². The Hall–Kier alpha value is -3.55. The lowest BCUT2D eigenvalue weighted by Crippen LogP contribution is -2.34. The summed E-state index contributed by atoms with van der Waals surface area (Å²) in [5, 5.41) is 9.93. The summed E-state index contributed by atoms with van der Waals surface area (Å²) in [6.07, 6.45) is 1.22. The van der Waals surface area contributed by atoms with E-state index in [0.29, 0.717) is 22.7 Å². The zero-order chi connectivity index (χ0) is 18.5. The van der Waals surface area contributed by atoms with Gasteiger partial charge in [-0.3, -0.25) is 9.59 Å². The summed E-state index contributed by atoms with van der Waals surface area (Å²) < 4.78 is 18.2. The van der Waals surface area contributed by atoms with E-state index in [-0.39, 0.29) is 12.5 Å². The largest absolute Gasteiger partial charge is 0.423 e. The number of carbonyl (C=O) groups excluding carboxylic acids is 2. The molecule has 1 heterocycles. The second kappa shape index (κ2) is 7.56. The normalized spacial score (nSPS) is 10.4. The molecule has 0 radical (unpaired) electrons. The van der Waals surface area contributed by atoms with Crippen LogP contribution in [-0.2, 0) is 4.79 Å². The zero-order valence-corrected chi connectivity index (χ0v) is 13.8. The zero-order valence-electron chi connectivity index (χ0n) is 13.8. The van der Waals surface area contributed by atoms with E-state index in [9.17, 15) is 14.0 Å². The van der Waals surface area contributed by atoms with Crippen LogP contribution in [0.15, 0.2) is 59.3 Å². The first-order valence-corrected chi connectivity index (χ1v) is 7.70. The maximum Gasteiger partial charge on any atom is 0.254 e. The quantitative estimate of drug-likeness (QED) is 0.761. The Morgan fingerprint density at radius 1 is 1.19 bits per heavy atom.